The number of nitrogens with zero attached hydrogens (tertiary/aromatic N) is 1. The summed E-state index contributed by atoms with van der Waals surface area (Å²) in [4.78, 5) is 15.7. The lowest BCUT2D eigenvalue weighted by Gasteiger charge is -2.25. The molecule has 0 aliphatic carbocycles. The van der Waals surface area contributed by atoms with Crippen LogP contribution < -0.4 is 4.72 Å². The summed E-state index contributed by atoms with van der Waals surface area (Å²) in [6, 6.07) is 10.1. The van der Waals surface area contributed by atoms with Crippen LogP contribution >= 0.6 is 11.3 Å². The molecule has 7 heteroatoms. The fraction of sp³-hybridized carbons (Fsp3) is 0.421. The van der Waals surface area contributed by atoms with Crippen molar-refractivity contribution < 1.29 is 13.2 Å². The maximum Gasteiger partial charge on any atom is 0.253 e. The van der Waals surface area contributed by atoms with Gasteiger partial charge in [0.15, 0.2) is 0 Å². The van der Waals surface area contributed by atoms with Crippen molar-refractivity contribution in [2.45, 2.75) is 43.5 Å². The predicted molar refractivity (Wildman–Crippen MR) is 104 cm³/mol. The van der Waals surface area contributed by atoms with E-state index in [1.807, 2.05) is 22.4 Å². The van der Waals surface area contributed by atoms with Crippen molar-refractivity contribution in [3.05, 3.63) is 52.2 Å². The van der Waals surface area contributed by atoms with Gasteiger partial charge in [0.05, 0.1) is 4.90 Å². The normalized spacial score (nSPS) is 16.1. The first-order chi connectivity index (χ1) is 12.6. The lowest BCUT2D eigenvalue weighted by molar-refractivity contribution is 0.0742. The van der Waals surface area contributed by atoms with E-state index in [1.54, 1.807) is 12.1 Å². The van der Waals surface area contributed by atoms with E-state index in [0.29, 0.717) is 5.56 Å². The van der Waals surface area contributed by atoms with Crippen LogP contribution in [0.15, 0.2) is 46.7 Å². The largest absolute Gasteiger partial charge is 0.339 e. The van der Waals surface area contributed by atoms with Crippen LogP contribution in [0.4, 0.5) is 0 Å². The zero-order chi connectivity index (χ0) is 18.4. The van der Waals surface area contributed by atoms with E-state index >= 15 is 0 Å². The van der Waals surface area contributed by atoms with Crippen LogP contribution in [0.1, 0.15) is 47.3 Å². The highest BCUT2D eigenvalue weighted by Crippen LogP contribution is 2.17. The number of likely N-dealkylation sites (tertiary alicyclic amines) is 1. The number of benzene rings is 1. The van der Waals surface area contributed by atoms with Crippen LogP contribution in [0, 0.1) is 0 Å². The molecule has 1 amide bonds. The molecule has 1 aliphatic heterocycles. The fourth-order valence-corrected chi connectivity index (χ4v) is 4.88. The number of hydrogen-bond donors (Lipinski definition) is 1. The van der Waals surface area contributed by atoms with Gasteiger partial charge in [-0.15, -0.1) is 11.3 Å². The third-order valence-corrected chi connectivity index (χ3v) is 6.83. The molecule has 0 radical (unpaired) electrons. The Morgan fingerprint density at radius 3 is 2.46 bits per heavy atom. The molecule has 0 atom stereocenters. The Balaban J connectivity index is 1.73. The molecule has 1 aliphatic rings. The molecular formula is C19H24N2O3S2. The molecule has 0 unspecified atom stereocenters. The van der Waals surface area contributed by atoms with Crippen molar-refractivity contribution in [2.75, 3.05) is 13.1 Å². The van der Waals surface area contributed by atoms with Gasteiger partial charge in [-0.2, -0.15) is 0 Å². The molecule has 5 nitrogen and oxygen atoms in total. The zero-order valence-electron chi connectivity index (χ0n) is 14.7. The minimum atomic E-state index is -3.65. The highest BCUT2D eigenvalue weighted by atomic mass is 32.2. The second kappa shape index (κ2) is 8.79. The lowest BCUT2D eigenvalue weighted by Crippen LogP contribution is -2.34. The third-order valence-electron chi connectivity index (χ3n) is 4.55. The van der Waals surface area contributed by atoms with Gasteiger partial charge in [-0.05, 0) is 42.5 Å². The molecule has 1 saturated heterocycles. The van der Waals surface area contributed by atoms with Gasteiger partial charge in [0.2, 0.25) is 10.0 Å². The molecular weight excluding hydrogens is 368 g/mol. The number of amides is 1. The minimum Gasteiger partial charge on any atom is -0.339 e. The molecule has 0 bridgehead atoms. The summed E-state index contributed by atoms with van der Waals surface area (Å²) in [6.07, 6.45) is 5.53. The van der Waals surface area contributed by atoms with Crippen LogP contribution in [0.5, 0.6) is 0 Å². The summed E-state index contributed by atoms with van der Waals surface area (Å²) in [5.74, 6) is -0.0813. The molecule has 1 aromatic heterocycles. The Bertz CT molecular complexity index is 824. The molecule has 3 rings (SSSR count). The number of nitrogens with one attached hydrogen (secondary N) is 1. The Labute approximate surface area is 159 Å². The molecule has 1 fully saturated rings. The van der Waals surface area contributed by atoms with E-state index < -0.39 is 10.0 Å². The van der Waals surface area contributed by atoms with Gasteiger partial charge in [-0.3, -0.25) is 4.79 Å². The van der Waals surface area contributed by atoms with Gasteiger partial charge in [0.1, 0.15) is 0 Å². The van der Waals surface area contributed by atoms with Crippen molar-refractivity contribution in [2.24, 2.45) is 0 Å². The standard InChI is InChI=1S/C19H24N2O3S2/c22-19(21-11-4-2-1-3-5-12-21)16-8-6-10-18(14-16)26(23,24)20-15-17-9-7-13-25-17/h6-10,13-14,20H,1-5,11-12,15H2. The SMILES string of the molecule is O=C(c1cccc(S(=O)(=O)NCc2cccs2)c1)N1CCCCCCC1. The van der Waals surface area contributed by atoms with E-state index in [1.165, 1.54) is 29.9 Å². The van der Waals surface area contributed by atoms with E-state index in [9.17, 15) is 13.2 Å². The summed E-state index contributed by atoms with van der Waals surface area (Å²) >= 11 is 1.50. The Kier molecular flexibility index (Phi) is 6.45. The fourth-order valence-electron chi connectivity index (χ4n) is 3.09. The van der Waals surface area contributed by atoms with Crippen LogP contribution in [0.25, 0.3) is 0 Å². The first kappa shape index (κ1) is 19.1. The van der Waals surface area contributed by atoms with Gasteiger partial charge in [0, 0.05) is 30.1 Å². The van der Waals surface area contributed by atoms with Crippen LogP contribution in [0.2, 0.25) is 0 Å². The molecule has 1 aromatic carbocycles. The van der Waals surface area contributed by atoms with E-state index in [-0.39, 0.29) is 17.3 Å². The Hall–Kier alpha value is -1.70. The topological polar surface area (TPSA) is 66.5 Å². The van der Waals surface area contributed by atoms with Crippen molar-refractivity contribution in [3.8, 4) is 0 Å². The van der Waals surface area contributed by atoms with Crippen molar-refractivity contribution >= 4 is 27.3 Å². The smallest absolute Gasteiger partial charge is 0.253 e. The van der Waals surface area contributed by atoms with Gasteiger partial charge in [-0.25, -0.2) is 13.1 Å². The third kappa shape index (κ3) is 4.93. The summed E-state index contributed by atoms with van der Waals surface area (Å²) in [7, 11) is -3.65. The lowest BCUT2D eigenvalue weighted by atomic mass is 10.1. The number of sulfonamides is 1. The average Bonchev–Trinajstić information content (AvgIpc) is 3.13. The molecule has 140 valence electrons. The quantitative estimate of drug-likeness (QED) is 0.845. The number of rotatable bonds is 5. The summed E-state index contributed by atoms with van der Waals surface area (Å²) in [5, 5.41) is 1.91. The highest BCUT2D eigenvalue weighted by molar-refractivity contribution is 7.89. The Morgan fingerprint density at radius 1 is 1.04 bits per heavy atom. The maximum atomic E-state index is 12.8. The van der Waals surface area contributed by atoms with Gasteiger partial charge >= 0.3 is 0 Å². The number of carbonyl (C=O) groups excluding carboxylic acids is 1. The molecule has 0 spiro atoms. The minimum absolute atomic E-state index is 0.0813. The van der Waals surface area contributed by atoms with Gasteiger partial charge < -0.3 is 4.90 Å². The summed E-state index contributed by atoms with van der Waals surface area (Å²) < 4.78 is 27.7. The van der Waals surface area contributed by atoms with E-state index in [4.69, 9.17) is 0 Å². The van der Waals surface area contributed by atoms with Crippen molar-refractivity contribution in [1.82, 2.24) is 9.62 Å². The second-order valence-electron chi connectivity index (χ2n) is 6.49. The monoisotopic (exact) mass is 392 g/mol. The number of hydrogen-bond acceptors (Lipinski definition) is 4. The molecule has 2 aromatic rings. The van der Waals surface area contributed by atoms with Crippen LogP contribution in [-0.2, 0) is 16.6 Å². The first-order valence-electron chi connectivity index (χ1n) is 8.98. The molecule has 26 heavy (non-hydrogen) atoms. The maximum absolute atomic E-state index is 12.8. The first-order valence-corrected chi connectivity index (χ1v) is 11.3. The van der Waals surface area contributed by atoms with Gasteiger partial charge in [0.25, 0.3) is 5.91 Å². The number of carbonyl (C=O) groups is 1. The number of thiophene rings is 1. The molecule has 1 N–H and O–H groups in total. The summed E-state index contributed by atoms with van der Waals surface area (Å²) in [5.41, 5.74) is 0.435. The average molecular weight is 393 g/mol. The molecule has 0 saturated carbocycles. The van der Waals surface area contributed by atoms with Crippen molar-refractivity contribution in [3.63, 3.8) is 0 Å². The van der Waals surface area contributed by atoms with E-state index in [0.717, 1.165) is 43.6 Å². The Morgan fingerprint density at radius 2 is 1.77 bits per heavy atom. The highest BCUT2D eigenvalue weighted by Gasteiger charge is 2.20. The van der Waals surface area contributed by atoms with Crippen LogP contribution in [-0.4, -0.2) is 32.3 Å². The molecule has 2 heterocycles. The summed E-state index contributed by atoms with van der Waals surface area (Å²) in [6.45, 7) is 1.74. The van der Waals surface area contributed by atoms with Crippen molar-refractivity contribution in [1.29, 1.82) is 0 Å². The second-order valence-corrected chi connectivity index (χ2v) is 9.29. The van der Waals surface area contributed by atoms with Crippen LogP contribution in [0.3, 0.4) is 0 Å². The van der Waals surface area contributed by atoms with Gasteiger partial charge in [-0.1, -0.05) is 31.4 Å². The zero-order valence-corrected chi connectivity index (χ0v) is 16.3. The predicted octanol–water partition coefficient (Wildman–Crippen LogP) is 3.63. The van der Waals surface area contributed by atoms with E-state index in [2.05, 4.69) is 4.72 Å².